The summed E-state index contributed by atoms with van der Waals surface area (Å²) in [5.74, 6) is -1.57. The van der Waals surface area contributed by atoms with Gasteiger partial charge in [0.15, 0.2) is 5.96 Å². The second-order valence-corrected chi connectivity index (χ2v) is 10.3. The number of nitrogens with one attached hydrogen (secondary N) is 2. The Morgan fingerprint density at radius 3 is 1.93 bits per heavy atom. The largest absolute Gasteiger partial charge is 0.480 e. The lowest BCUT2D eigenvalue weighted by Gasteiger charge is -2.17. The first-order chi connectivity index (χ1) is 19.2. The molecule has 7 N–H and O–H groups in total. The zero-order chi connectivity index (χ0) is 30.0. The molecule has 232 valence electrons. The van der Waals surface area contributed by atoms with E-state index >= 15 is 0 Å². The molecule has 0 saturated carbocycles. The molecule has 0 aliphatic carbocycles. The van der Waals surface area contributed by atoms with Gasteiger partial charge in [0.2, 0.25) is 11.8 Å². The highest BCUT2D eigenvalue weighted by Crippen LogP contribution is 2.13. The van der Waals surface area contributed by atoms with Crippen LogP contribution in [0.25, 0.3) is 0 Å². The topological polar surface area (TPSA) is 186 Å². The number of esters is 1. The predicted octanol–water partition coefficient (Wildman–Crippen LogP) is 3.92. The van der Waals surface area contributed by atoms with Gasteiger partial charge >= 0.3 is 11.9 Å². The van der Waals surface area contributed by atoms with Crippen molar-refractivity contribution in [3.63, 3.8) is 0 Å². The standard InChI is InChI=1S/C24H48N4O3.C5H7NO3/c1-3-5-6-7-8-9-10-11-12-13-14-15-16-19-22(29)28-21(23(30)31-4-2)18-17-20-27-24(25)26;7-4-2-1-3(6-4)5(8)9/h21H,3-20H2,1-2H3,(H,28,29)(H4,25,26,27);3H,1-2H2,(H,6,7)(H,8,9)/t21-;/m0./s1. The number of carbonyl (C=O) groups excluding carboxylic acids is 3. The van der Waals surface area contributed by atoms with E-state index < -0.39 is 24.0 Å². The van der Waals surface area contributed by atoms with Crippen LogP contribution in [-0.2, 0) is 23.9 Å². The van der Waals surface area contributed by atoms with Crippen molar-refractivity contribution in [1.29, 1.82) is 0 Å². The molecule has 1 rings (SSSR count). The van der Waals surface area contributed by atoms with E-state index in [1.165, 1.54) is 70.6 Å². The molecule has 11 nitrogen and oxygen atoms in total. The third kappa shape index (κ3) is 22.0. The van der Waals surface area contributed by atoms with E-state index in [0.29, 0.717) is 38.6 Å². The van der Waals surface area contributed by atoms with Crippen molar-refractivity contribution >= 4 is 29.7 Å². The maximum atomic E-state index is 12.2. The molecule has 0 radical (unpaired) electrons. The quantitative estimate of drug-likeness (QED) is 0.0561. The second kappa shape index (κ2) is 25.1. The predicted molar refractivity (Wildman–Crippen MR) is 158 cm³/mol. The van der Waals surface area contributed by atoms with Crippen molar-refractivity contribution in [2.45, 2.75) is 142 Å². The van der Waals surface area contributed by atoms with Gasteiger partial charge in [-0.1, -0.05) is 84.0 Å². The van der Waals surface area contributed by atoms with Crippen LogP contribution in [-0.4, -0.2) is 60.1 Å². The summed E-state index contributed by atoms with van der Waals surface area (Å²) in [5, 5.41) is 13.4. The van der Waals surface area contributed by atoms with E-state index in [1.807, 2.05) is 0 Å². The molecule has 1 unspecified atom stereocenters. The maximum absolute atomic E-state index is 12.2. The van der Waals surface area contributed by atoms with Crippen LogP contribution >= 0.6 is 0 Å². The number of rotatable bonds is 22. The van der Waals surface area contributed by atoms with Crippen molar-refractivity contribution in [3.05, 3.63) is 0 Å². The molecular formula is C29H55N5O6. The van der Waals surface area contributed by atoms with Crippen LogP contribution in [0, 0.1) is 0 Å². The van der Waals surface area contributed by atoms with Gasteiger partial charge in [-0.05, 0) is 32.6 Å². The summed E-state index contributed by atoms with van der Waals surface area (Å²) in [5.41, 5.74) is 10.6. The fraction of sp³-hybridized carbons (Fsp3) is 0.828. The Morgan fingerprint density at radius 2 is 1.50 bits per heavy atom. The van der Waals surface area contributed by atoms with Crippen LogP contribution in [0.1, 0.15) is 129 Å². The van der Waals surface area contributed by atoms with E-state index in [9.17, 15) is 19.2 Å². The van der Waals surface area contributed by atoms with Gasteiger partial charge in [0.05, 0.1) is 6.61 Å². The number of hydrogen-bond donors (Lipinski definition) is 5. The Bertz CT molecular complexity index is 742. The number of carboxylic acids is 1. The highest BCUT2D eigenvalue weighted by Gasteiger charge is 2.26. The van der Waals surface area contributed by atoms with Crippen molar-refractivity contribution in [2.75, 3.05) is 13.2 Å². The summed E-state index contributed by atoms with van der Waals surface area (Å²) in [6.45, 7) is 4.72. The van der Waals surface area contributed by atoms with Crippen LogP contribution in [0.15, 0.2) is 4.99 Å². The molecule has 1 fully saturated rings. The zero-order valence-electron chi connectivity index (χ0n) is 24.9. The molecule has 2 amide bonds. The third-order valence-corrected chi connectivity index (χ3v) is 6.65. The van der Waals surface area contributed by atoms with Gasteiger partial charge in [-0.3, -0.25) is 14.6 Å². The molecule has 0 bridgehead atoms. The molecule has 0 aromatic carbocycles. The van der Waals surface area contributed by atoms with Gasteiger partial charge in [0, 0.05) is 19.4 Å². The monoisotopic (exact) mass is 569 g/mol. The molecular weight excluding hydrogens is 514 g/mol. The first-order valence-corrected chi connectivity index (χ1v) is 15.2. The zero-order valence-corrected chi connectivity index (χ0v) is 24.9. The van der Waals surface area contributed by atoms with E-state index in [1.54, 1.807) is 6.92 Å². The fourth-order valence-corrected chi connectivity index (χ4v) is 4.36. The Morgan fingerprint density at radius 1 is 0.950 bits per heavy atom. The number of nitrogens with two attached hydrogens (primary N) is 2. The Kier molecular flexibility index (Phi) is 23.3. The van der Waals surface area contributed by atoms with Gasteiger partial charge in [0.25, 0.3) is 0 Å². The van der Waals surface area contributed by atoms with E-state index in [-0.39, 0.29) is 24.4 Å². The minimum Gasteiger partial charge on any atom is -0.480 e. The molecule has 11 heteroatoms. The van der Waals surface area contributed by atoms with Crippen LogP contribution < -0.4 is 22.1 Å². The number of carboxylic acid groups (broad SMARTS) is 1. The average Bonchev–Trinajstić information content (AvgIpc) is 3.35. The molecule has 0 spiro atoms. The fourth-order valence-electron chi connectivity index (χ4n) is 4.36. The molecule has 0 aromatic rings. The minimum absolute atomic E-state index is 0.0270. The number of ether oxygens (including phenoxy) is 1. The lowest BCUT2D eigenvalue weighted by Crippen LogP contribution is -2.42. The number of amides is 2. The number of carbonyl (C=O) groups is 4. The number of guanidine groups is 1. The maximum Gasteiger partial charge on any atom is 0.328 e. The number of hydrogen-bond acceptors (Lipinski definition) is 6. The van der Waals surface area contributed by atoms with E-state index in [0.717, 1.165) is 12.8 Å². The smallest absolute Gasteiger partial charge is 0.328 e. The van der Waals surface area contributed by atoms with Crippen molar-refractivity contribution in [3.8, 4) is 0 Å². The van der Waals surface area contributed by atoms with Gasteiger partial charge in [-0.15, -0.1) is 0 Å². The Hall–Kier alpha value is -2.85. The SMILES string of the molecule is CCCCCCCCCCCCCCCC(=O)N[C@@H](CCCN=C(N)N)C(=O)OCC.O=C1CCC(C(=O)O)N1. The van der Waals surface area contributed by atoms with Crippen LogP contribution in [0.5, 0.6) is 0 Å². The van der Waals surface area contributed by atoms with Crippen LogP contribution in [0.2, 0.25) is 0 Å². The summed E-state index contributed by atoms with van der Waals surface area (Å²) in [4.78, 5) is 48.7. The number of aliphatic carboxylic acids is 1. The highest BCUT2D eigenvalue weighted by atomic mass is 16.5. The lowest BCUT2D eigenvalue weighted by atomic mass is 10.0. The molecule has 1 heterocycles. The molecule has 2 atom stereocenters. The second-order valence-electron chi connectivity index (χ2n) is 10.3. The average molecular weight is 570 g/mol. The minimum atomic E-state index is -0.944. The lowest BCUT2D eigenvalue weighted by molar-refractivity contribution is -0.147. The summed E-state index contributed by atoms with van der Waals surface area (Å²) < 4.78 is 5.07. The number of nitrogens with zero attached hydrogens (tertiary/aromatic N) is 1. The molecule has 1 aliphatic heterocycles. The first kappa shape index (κ1) is 37.1. The highest BCUT2D eigenvalue weighted by molar-refractivity contribution is 5.87. The van der Waals surface area contributed by atoms with Crippen molar-refractivity contribution in [1.82, 2.24) is 10.6 Å². The van der Waals surface area contributed by atoms with Gasteiger partial charge in [0.1, 0.15) is 12.1 Å². The molecule has 40 heavy (non-hydrogen) atoms. The van der Waals surface area contributed by atoms with E-state index in [2.05, 4.69) is 22.5 Å². The Balaban J connectivity index is 0.00000141. The van der Waals surface area contributed by atoms with Crippen LogP contribution in [0.4, 0.5) is 0 Å². The Labute approximate surface area is 240 Å². The van der Waals surface area contributed by atoms with Gasteiger partial charge in [-0.25, -0.2) is 9.59 Å². The van der Waals surface area contributed by atoms with Crippen LogP contribution in [0.3, 0.4) is 0 Å². The van der Waals surface area contributed by atoms with Crippen molar-refractivity contribution in [2.24, 2.45) is 16.5 Å². The van der Waals surface area contributed by atoms with E-state index in [4.69, 9.17) is 21.3 Å². The van der Waals surface area contributed by atoms with Gasteiger partial charge in [-0.2, -0.15) is 0 Å². The number of unbranched alkanes of at least 4 members (excludes halogenated alkanes) is 12. The molecule has 1 saturated heterocycles. The first-order valence-electron chi connectivity index (χ1n) is 15.2. The van der Waals surface area contributed by atoms with Gasteiger partial charge < -0.3 is 31.9 Å². The van der Waals surface area contributed by atoms with Crippen molar-refractivity contribution < 1.29 is 29.0 Å². The summed E-state index contributed by atoms with van der Waals surface area (Å²) in [6.07, 6.45) is 18.8. The summed E-state index contributed by atoms with van der Waals surface area (Å²) >= 11 is 0. The number of aliphatic imine (C=N–C) groups is 1. The third-order valence-electron chi connectivity index (χ3n) is 6.65. The normalized spacial score (nSPS) is 14.8. The molecule has 1 aliphatic rings. The summed E-state index contributed by atoms with van der Waals surface area (Å²) in [7, 11) is 0. The summed E-state index contributed by atoms with van der Waals surface area (Å²) in [6, 6.07) is -1.28. The molecule has 0 aromatic heterocycles.